The Hall–Kier alpha value is -3.32. The standard InChI is InChI=1S/C21H21N5O2/c1-21(2,22)20(28)23-11-12-26-24-17-13-7-3-5-9-15(13)19(27)16-10-6-4-8-14(16)18(17)25-26/h3-10H,11-12,22H2,1-2H3,(H,23,28). The molecule has 0 atom stereocenters. The number of nitrogens with zero attached hydrogens (tertiary/aromatic N) is 3. The zero-order valence-electron chi connectivity index (χ0n) is 15.8. The van der Waals surface area contributed by atoms with Crippen molar-refractivity contribution in [2.75, 3.05) is 6.54 Å². The molecule has 4 aromatic rings. The summed E-state index contributed by atoms with van der Waals surface area (Å²) < 4.78 is 0. The average molecular weight is 375 g/mol. The van der Waals surface area contributed by atoms with E-state index >= 15 is 0 Å². The maximum atomic E-state index is 13.0. The second-order valence-electron chi connectivity index (χ2n) is 7.39. The van der Waals surface area contributed by atoms with E-state index in [9.17, 15) is 9.59 Å². The Morgan fingerprint density at radius 1 is 0.964 bits per heavy atom. The Morgan fingerprint density at radius 2 is 1.43 bits per heavy atom. The first-order valence-corrected chi connectivity index (χ1v) is 9.12. The largest absolute Gasteiger partial charge is 0.353 e. The molecule has 0 aliphatic heterocycles. The van der Waals surface area contributed by atoms with Gasteiger partial charge in [-0.3, -0.25) is 9.59 Å². The zero-order valence-corrected chi connectivity index (χ0v) is 15.8. The van der Waals surface area contributed by atoms with Crippen molar-refractivity contribution in [1.82, 2.24) is 20.3 Å². The molecule has 3 aromatic carbocycles. The molecule has 0 saturated carbocycles. The van der Waals surface area contributed by atoms with Crippen LogP contribution >= 0.6 is 0 Å². The fourth-order valence-electron chi connectivity index (χ4n) is 3.23. The normalized spacial score (nSPS) is 12.0. The number of rotatable bonds is 4. The lowest BCUT2D eigenvalue weighted by molar-refractivity contribution is -0.125. The highest BCUT2D eigenvalue weighted by Gasteiger charge is 2.21. The van der Waals surface area contributed by atoms with Crippen molar-refractivity contribution >= 4 is 38.5 Å². The molecule has 1 heterocycles. The van der Waals surface area contributed by atoms with Crippen LogP contribution in [0, 0.1) is 0 Å². The summed E-state index contributed by atoms with van der Waals surface area (Å²) in [7, 11) is 0. The molecule has 7 heteroatoms. The summed E-state index contributed by atoms with van der Waals surface area (Å²) in [4.78, 5) is 26.5. The molecular formula is C21H21N5O2. The predicted octanol–water partition coefficient (Wildman–Crippen LogP) is 1.95. The van der Waals surface area contributed by atoms with Crippen LogP contribution in [0.3, 0.4) is 0 Å². The van der Waals surface area contributed by atoms with Crippen molar-refractivity contribution in [1.29, 1.82) is 0 Å². The van der Waals surface area contributed by atoms with E-state index in [2.05, 4.69) is 15.5 Å². The number of hydrogen-bond donors (Lipinski definition) is 2. The number of amides is 1. The van der Waals surface area contributed by atoms with Crippen molar-refractivity contribution in [2.24, 2.45) is 5.73 Å². The van der Waals surface area contributed by atoms with Gasteiger partial charge in [0.25, 0.3) is 0 Å². The molecule has 1 aromatic heterocycles. The van der Waals surface area contributed by atoms with Crippen molar-refractivity contribution in [3.8, 4) is 0 Å². The Kier molecular flexibility index (Phi) is 4.31. The second kappa shape index (κ2) is 6.69. The number of nitrogens with two attached hydrogens (primary N) is 1. The maximum absolute atomic E-state index is 13.0. The summed E-state index contributed by atoms with van der Waals surface area (Å²) in [5, 5.41) is 14.8. The monoisotopic (exact) mass is 375 g/mol. The molecule has 0 unspecified atom stereocenters. The highest BCUT2D eigenvalue weighted by atomic mass is 16.2. The van der Waals surface area contributed by atoms with Crippen LogP contribution in [0.4, 0.5) is 0 Å². The predicted molar refractivity (Wildman–Crippen MR) is 110 cm³/mol. The number of fused-ring (bicyclic) bond motifs is 5. The number of carbonyl (C=O) groups excluding carboxylic acids is 1. The maximum Gasteiger partial charge on any atom is 0.239 e. The lowest BCUT2D eigenvalue weighted by Crippen LogP contribution is -2.49. The van der Waals surface area contributed by atoms with Crippen LogP contribution in [0.15, 0.2) is 53.3 Å². The minimum Gasteiger partial charge on any atom is -0.353 e. The van der Waals surface area contributed by atoms with E-state index in [1.807, 2.05) is 48.5 Å². The molecule has 0 fully saturated rings. The highest BCUT2D eigenvalue weighted by Crippen LogP contribution is 2.25. The molecule has 1 amide bonds. The molecule has 0 spiro atoms. The zero-order chi connectivity index (χ0) is 19.9. The van der Waals surface area contributed by atoms with E-state index in [0.717, 1.165) is 10.8 Å². The van der Waals surface area contributed by atoms with E-state index in [1.54, 1.807) is 18.6 Å². The molecule has 4 rings (SSSR count). The fourth-order valence-corrected chi connectivity index (χ4v) is 3.23. The SMILES string of the molecule is CC(C)(N)C(=O)NCCn1nc2c3ccccc3c(=O)c3ccccc3c2n1. The van der Waals surface area contributed by atoms with E-state index in [4.69, 9.17) is 5.73 Å². The lowest BCUT2D eigenvalue weighted by atomic mass is 10.1. The summed E-state index contributed by atoms with van der Waals surface area (Å²) in [6, 6.07) is 14.9. The Bertz CT molecular complexity index is 1190. The van der Waals surface area contributed by atoms with Crippen LogP contribution in [0.5, 0.6) is 0 Å². The first kappa shape index (κ1) is 18.1. The number of hydrogen-bond acceptors (Lipinski definition) is 5. The van der Waals surface area contributed by atoms with Gasteiger partial charge in [0.05, 0.1) is 12.1 Å². The lowest BCUT2D eigenvalue weighted by Gasteiger charge is -2.17. The quantitative estimate of drug-likeness (QED) is 0.567. The van der Waals surface area contributed by atoms with E-state index < -0.39 is 5.54 Å². The van der Waals surface area contributed by atoms with Crippen LogP contribution in [-0.4, -0.2) is 33.0 Å². The van der Waals surface area contributed by atoms with Gasteiger partial charge in [0.2, 0.25) is 5.91 Å². The van der Waals surface area contributed by atoms with E-state index in [1.165, 1.54) is 0 Å². The van der Waals surface area contributed by atoms with Crippen LogP contribution in [0.2, 0.25) is 0 Å². The van der Waals surface area contributed by atoms with Gasteiger partial charge >= 0.3 is 0 Å². The summed E-state index contributed by atoms with van der Waals surface area (Å²) in [6.45, 7) is 4.06. The Morgan fingerprint density at radius 3 is 1.89 bits per heavy atom. The van der Waals surface area contributed by atoms with Crippen molar-refractivity contribution in [3.05, 3.63) is 58.8 Å². The van der Waals surface area contributed by atoms with E-state index in [0.29, 0.717) is 34.9 Å². The van der Waals surface area contributed by atoms with Gasteiger partial charge in [-0.05, 0) is 13.8 Å². The topological polar surface area (TPSA) is 103 Å². The molecule has 0 aliphatic carbocycles. The Labute approximate surface area is 161 Å². The van der Waals surface area contributed by atoms with Crippen molar-refractivity contribution in [3.63, 3.8) is 0 Å². The smallest absolute Gasteiger partial charge is 0.239 e. The summed E-state index contributed by atoms with van der Waals surface area (Å²) in [5.41, 5.74) is 6.15. The van der Waals surface area contributed by atoms with Gasteiger partial charge in [-0.25, -0.2) is 0 Å². The summed E-state index contributed by atoms with van der Waals surface area (Å²) >= 11 is 0. The summed E-state index contributed by atoms with van der Waals surface area (Å²) in [6.07, 6.45) is 0. The van der Waals surface area contributed by atoms with Crippen LogP contribution in [0.25, 0.3) is 32.6 Å². The third-order valence-electron chi connectivity index (χ3n) is 4.69. The molecule has 28 heavy (non-hydrogen) atoms. The van der Waals surface area contributed by atoms with Gasteiger partial charge in [0.1, 0.15) is 11.0 Å². The fraction of sp³-hybridized carbons (Fsp3) is 0.238. The number of aromatic nitrogens is 3. The molecule has 0 radical (unpaired) electrons. The molecule has 142 valence electrons. The second-order valence-corrected chi connectivity index (χ2v) is 7.39. The average Bonchev–Trinajstić information content (AvgIpc) is 3.07. The van der Waals surface area contributed by atoms with Crippen LogP contribution in [-0.2, 0) is 11.3 Å². The van der Waals surface area contributed by atoms with E-state index in [-0.39, 0.29) is 11.3 Å². The first-order chi connectivity index (χ1) is 13.4. The third kappa shape index (κ3) is 3.10. The third-order valence-corrected chi connectivity index (χ3v) is 4.69. The molecule has 0 aliphatic rings. The first-order valence-electron chi connectivity index (χ1n) is 9.12. The molecular weight excluding hydrogens is 354 g/mol. The summed E-state index contributed by atoms with van der Waals surface area (Å²) in [5.74, 6) is -0.234. The van der Waals surface area contributed by atoms with Crippen molar-refractivity contribution < 1.29 is 4.79 Å². The number of benzene rings is 2. The minimum absolute atomic E-state index is 0.0324. The van der Waals surface area contributed by atoms with Gasteiger partial charge in [-0.1, -0.05) is 48.5 Å². The number of carbonyl (C=O) groups is 1. The minimum atomic E-state index is -0.938. The molecule has 3 N–H and O–H groups in total. The highest BCUT2D eigenvalue weighted by molar-refractivity contribution is 6.13. The molecule has 7 nitrogen and oxygen atoms in total. The van der Waals surface area contributed by atoms with Crippen molar-refractivity contribution in [2.45, 2.75) is 25.9 Å². The van der Waals surface area contributed by atoms with Crippen LogP contribution < -0.4 is 16.5 Å². The van der Waals surface area contributed by atoms with Gasteiger partial charge in [-0.2, -0.15) is 15.0 Å². The van der Waals surface area contributed by atoms with Gasteiger partial charge < -0.3 is 11.1 Å². The van der Waals surface area contributed by atoms with Crippen LogP contribution in [0.1, 0.15) is 13.8 Å². The molecule has 0 bridgehead atoms. The van der Waals surface area contributed by atoms with Gasteiger partial charge in [0, 0.05) is 28.1 Å². The van der Waals surface area contributed by atoms with Gasteiger partial charge in [0.15, 0.2) is 5.43 Å². The Balaban J connectivity index is 1.84. The molecule has 0 saturated heterocycles. The van der Waals surface area contributed by atoms with Gasteiger partial charge in [-0.15, -0.1) is 0 Å². The number of nitrogens with one attached hydrogen (secondary N) is 1.